The van der Waals surface area contributed by atoms with E-state index in [1.54, 1.807) is 24.3 Å². The summed E-state index contributed by atoms with van der Waals surface area (Å²) < 4.78 is 10.8. The van der Waals surface area contributed by atoms with E-state index in [0.29, 0.717) is 24.4 Å². The Morgan fingerprint density at radius 2 is 1.77 bits per heavy atom. The zero-order valence-corrected chi connectivity index (χ0v) is 18.1. The van der Waals surface area contributed by atoms with E-state index >= 15 is 0 Å². The van der Waals surface area contributed by atoms with Gasteiger partial charge in [-0.2, -0.15) is 0 Å². The van der Waals surface area contributed by atoms with Crippen LogP contribution in [0, 0.1) is 0 Å². The van der Waals surface area contributed by atoms with Crippen LogP contribution in [0.4, 0.5) is 11.4 Å². The summed E-state index contributed by atoms with van der Waals surface area (Å²) in [6.07, 6.45) is 0.618. The summed E-state index contributed by atoms with van der Waals surface area (Å²) in [6, 6.07) is 14.9. The molecule has 0 aliphatic carbocycles. The molecule has 1 aliphatic rings. The number of benzene rings is 2. The van der Waals surface area contributed by atoms with Crippen molar-refractivity contribution in [1.29, 1.82) is 0 Å². The van der Waals surface area contributed by atoms with Gasteiger partial charge in [0.1, 0.15) is 12.3 Å². The average Bonchev–Trinajstić information content (AvgIpc) is 2.74. The lowest BCUT2D eigenvalue weighted by molar-refractivity contribution is -0.148. The second kappa shape index (κ2) is 9.64. The van der Waals surface area contributed by atoms with Crippen molar-refractivity contribution in [3.8, 4) is 5.75 Å². The first kappa shape index (κ1) is 22.3. The molecule has 164 valence electrons. The Hall–Kier alpha value is -3.35. The van der Waals surface area contributed by atoms with Crippen LogP contribution in [0.5, 0.6) is 5.75 Å². The minimum atomic E-state index is -0.477. The molecule has 7 heteroatoms. The van der Waals surface area contributed by atoms with Crippen molar-refractivity contribution < 1.29 is 23.9 Å². The van der Waals surface area contributed by atoms with E-state index in [0.717, 1.165) is 5.75 Å². The molecule has 0 atom stereocenters. The van der Waals surface area contributed by atoms with Gasteiger partial charge in [0.05, 0.1) is 18.0 Å². The van der Waals surface area contributed by atoms with Crippen molar-refractivity contribution in [3.05, 3.63) is 54.1 Å². The van der Waals surface area contributed by atoms with Gasteiger partial charge in [-0.25, -0.2) is 0 Å². The third-order valence-electron chi connectivity index (χ3n) is 4.94. The monoisotopic (exact) mass is 424 g/mol. The van der Waals surface area contributed by atoms with E-state index in [2.05, 4.69) is 26.1 Å². The van der Waals surface area contributed by atoms with Crippen LogP contribution in [-0.2, 0) is 24.5 Å². The van der Waals surface area contributed by atoms with Gasteiger partial charge in [-0.1, -0.05) is 45.0 Å². The number of carbonyl (C=O) groups is 3. The Balaban J connectivity index is 1.40. The van der Waals surface area contributed by atoms with Gasteiger partial charge in [0.25, 0.3) is 5.91 Å². The van der Waals surface area contributed by atoms with Gasteiger partial charge in [0.2, 0.25) is 5.91 Å². The maximum Gasteiger partial charge on any atom is 0.306 e. The normalized spacial score (nSPS) is 13.3. The smallest absolute Gasteiger partial charge is 0.306 e. The molecule has 2 aromatic rings. The molecule has 0 saturated heterocycles. The van der Waals surface area contributed by atoms with Gasteiger partial charge >= 0.3 is 5.97 Å². The predicted octanol–water partition coefficient (Wildman–Crippen LogP) is 3.67. The number of hydrogen-bond acceptors (Lipinski definition) is 5. The van der Waals surface area contributed by atoms with Crippen LogP contribution in [0.3, 0.4) is 0 Å². The molecule has 0 radical (unpaired) electrons. The molecule has 0 unspecified atom stereocenters. The van der Waals surface area contributed by atoms with Crippen molar-refractivity contribution in [2.24, 2.45) is 0 Å². The first-order valence-corrected chi connectivity index (χ1v) is 10.3. The van der Waals surface area contributed by atoms with Crippen molar-refractivity contribution >= 4 is 29.2 Å². The Bertz CT molecular complexity index is 947. The highest BCUT2D eigenvalue weighted by atomic mass is 16.5. The van der Waals surface area contributed by atoms with Crippen LogP contribution >= 0.6 is 0 Å². The van der Waals surface area contributed by atoms with Crippen LogP contribution in [0.2, 0.25) is 0 Å². The minimum Gasteiger partial charge on any atom is -0.494 e. The van der Waals surface area contributed by atoms with Gasteiger partial charge in [-0.15, -0.1) is 0 Å². The highest BCUT2D eigenvalue weighted by molar-refractivity contribution is 6.10. The largest absolute Gasteiger partial charge is 0.494 e. The van der Waals surface area contributed by atoms with Crippen LogP contribution in [0.15, 0.2) is 48.5 Å². The van der Waals surface area contributed by atoms with Gasteiger partial charge in [0.15, 0.2) is 6.61 Å². The number of rotatable bonds is 7. The number of ether oxygens (including phenoxy) is 2. The van der Waals surface area contributed by atoms with E-state index in [-0.39, 0.29) is 24.3 Å². The molecular weight excluding hydrogens is 396 g/mol. The Morgan fingerprint density at radius 1 is 1.06 bits per heavy atom. The standard InChI is InChI=1S/C24H28N2O5/c1-24(2,3)17-10-12-18(13-11-17)30-14-6-9-23(29)31-16-22(28)26-15-21(27)25-19-7-4-5-8-20(19)26/h4-5,7-8,10-13H,6,9,14-16H2,1-3H3,(H,25,27). The molecule has 1 heterocycles. The molecule has 2 aromatic carbocycles. The molecule has 0 saturated carbocycles. The lowest BCUT2D eigenvalue weighted by Crippen LogP contribution is -2.44. The number of nitrogens with one attached hydrogen (secondary N) is 1. The number of anilines is 2. The number of carbonyl (C=O) groups excluding carboxylic acids is 3. The zero-order chi connectivity index (χ0) is 22.4. The first-order valence-electron chi connectivity index (χ1n) is 10.3. The molecule has 1 N–H and O–H groups in total. The molecule has 0 spiro atoms. The quantitative estimate of drug-likeness (QED) is 0.541. The highest BCUT2D eigenvalue weighted by Crippen LogP contribution is 2.29. The van der Waals surface area contributed by atoms with Crippen LogP contribution < -0.4 is 15.0 Å². The van der Waals surface area contributed by atoms with Gasteiger partial charge in [-0.3, -0.25) is 19.3 Å². The fourth-order valence-electron chi connectivity index (χ4n) is 3.21. The number of hydrogen-bond donors (Lipinski definition) is 1. The minimum absolute atomic E-state index is 0.0831. The lowest BCUT2D eigenvalue weighted by atomic mass is 9.87. The summed E-state index contributed by atoms with van der Waals surface area (Å²) in [5.41, 5.74) is 2.46. The predicted molar refractivity (Wildman–Crippen MR) is 118 cm³/mol. The van der Waals surface area contributed by atoms with Crippen LogP contribution in [0.1, 0.15) is 39.2 Å². The average molecular weight is 424 g/mol. The SMILES string of the molecule is CC(C)(C)c1ccc(OCCCC(=O)OCC(=O)N2CC(=O)Nc3ccccc32)cc1. The molecule has 0 fully saturated rings. The number of amides is 2. The highest BCUT2D eigenvalue weighted by Gasteiger charge is 2.27. The van der Waals surface area contributed by atoms with Crippen molar-refractivity contribution in [2.45, 2.75) is 39.0 Å². The van der Waals surface area contributed by atoms with E-state index in [1.165, 1.54) is 10.5 Å². The fourth-order valence-corrected chi connectivity index (χ4v) is 3.21. The number of para-hydroxylation sites is 2. The Kier molecular flexibility index (Phi) is 6.95. The third kappa shape index (κ3) is 6.07. The van der Waals surface area contributed by atoms with E-state index in [4.69, 9.17) is 9.47 Å². The van der Waals surface area contributed by atoms with Crippen LogP contribution in [0.25, 0.3) is 0 Å². The van der Waals surface area contributed by atoms with E-state index in [9.17, 15) is 14.4 Å². The Morgan fingerprint density at radius 3 is 2.48 bits per heavy atom. The summed E-state index contributed by atoms with van der Waals surface area (Å²) >= 11 is 0. The van der Waals surface area contributed by atoms with Gasteiger partial charge in [-0.05, 0) is 41.7 Å². The lowest BCUT2D eigenvalue weighted by Gasteiger charge is -2.28. The number of fused-ring (bicyclic) bond motifs is 1. The molecule has 31 heavy (non-hydrogen) atoms. The second-order valence-electron chi connectivity index (χ2n) is 8.43. The maximum atomic E-state index is 12.5. The Labute approximate surface area is 182 Å². The summed E-state index contributed by atoms with van der Waals surface area (Å²) in [4.78, 5) is 37.6. The summed E-state index contributed by atoms with van der Waals surface area (Å²) in [5.74, 6) is -0.453. The van der Waals surface area contributed by atoms with Crippen molar-refractivity contribution in [2.75, 3.05) is 30.0 Å². The van der Waals surface area contributed by atoms with Gasteiger partial charge < -0.3 is 14.8 Å². The van der Waals surface area contributed by atoms with E-state index in [1.807, 2.05) is 24.3 Å². The fraction of sp³-hybridized carbons (Fsp3) is 0.375. The molecule has 7 nitrogen and oxygen atoms in total. The second-order valence-corrected chi connectivity index (χ2v) is 8.43. The topological polar surface area (TPSA) is 84.9 Å². The molecule has 3 rings (SSSR count). The molecule has 2 amide bonds. The van der Waals surface area contributed by atoms with E-state index < -0.39 is 18.5 Å². The third-order valence-corrected chi connectivity index (χ3v) is 4.94. The zero-order valence-electron chi connectivity index (χ0n) is 18.1. The summed E-state index contributed by atoms with van der Waals surface area (Å²) in [6.45, 7) is 6.32. The van der Waals surface area contributed by atoms with Crippen molar-refractivity contribution in [3.63, 3.8) is 0 Å². The van der Waals surface area contributed by atoms with Gasteiger partial charge in [0, 0.05) is 6.42 Å². The number of esters is 1. The molecule has 0 aromatic heterocycles. The van der Waals surface area contributed by atoms with Crippen LogP contribution in [-0.4, -0.2) is 37.5 Å². The molecule has 1 aliphatic heterocycles. The first-order chi connectivity index (χ1) is 14.7. The maximum absolute atomic E-state index is 12.5. The van der Waals surface area contributed by atoms with Crippen molar-refractivity contribution in [1.82, 2.24) is 0 Å². The summed E-state index contributed by atoms with van der Waals surface area (Å²) in [5, 5.41) is 2.71. The summed E-state index contributed by atoms with van der Waals surface area (Å²) in [7, 11) is 0. The molecule has 0 bridgehead atoms. The number of nitrogens with zero attached hydrogens (tertiary/aromatic N) is 1. The molecular formula is C24H28N2O5.